The Hall–Kier alpha value is -2.78. The Labute approximate surface area is 175 Å². The van der Waals surface area contributed by atoms with Crippen molar-refractivity contribution >= 4 is 10.9 Å². The zero-order chi connectivity index (χ0) is 21.3. The first-order valence-corrected chi connectivity index (χ1v) is 10.3. The van der Waals surface area contributed by atoms with Gasteiger partial charge >= 0.3 is 0 Å². The highest BCUT2D eigenvalue weighted by atomic mass is 16.5. The van der Waals surface area contributed by atoms with Crippen molar-refractivity contribution in [1.29, 1.82) is 0 Å². The largest absolute Gasteiger partial charge is 0.494 e. The molecule has 1 fully saturated rings. The van der Waals surface area contributed by atoms with Gasteiger partial charge < -0.3 is 14.5 Å². The number of pyridine rings is 1. The molecular weight excluding hydrogens is 384 g/mol. The summed E-state index contributed by atoms with van der Waals surface area (Å²) in [6.45, 7) is 11.3. The smallest absolute Gasteiger partial charge is 0.253 e. The first kappa shape index (κ1) is 20.5. The summed E-state index contributed by atoms with van der Waals surface area (Å²) in [7, 11) is 0. The van der Waals surface area contributed by atoms with Crippen LogP contribution in [0.4, 0.5) is 0 Å². The van der Waals surface area contributed by atoms with E-state index < -0.39 is 0 Å². The summed E-state index contributed by atoms with van der Waals surface area (Å²) in [5.74, 6) is 1.42. The molecule has 1 aliphatic rings. The minimum absolute atomic E-state index is 0.147. The summed E-state index contributed by atoms with van der Waals surface area (Å²) in [6, 6.07) is 7.22. The first-order valence-electron chi connectivity index (χ1n) is 10.3. The van der Waals surface area contributed by atoms with E-state index in [0.717, 1.165) is 16.7 Å². The number of benzene rings is 1. The van der Waals surface area contributed by atoms with Crippen LogP contribution in [-0.4, -0.2) is 63.0 Å². The van der Waals surface area contributed by atoms with E-state index in [2.05, 4.69) is 25.4 Å². The van der Waals surface area contributed by atoms with E-state index in [4.69, 9.17) is 9.47 Å². The lowest BCUT2D eigenvalue weighted by atomic mass is 10.0. The lowest BCUT2D eigenvalue weighted by molar-refractivity contribution is 0.0206. The van der Waals surface area contributed by atoms with Crippen molar-refractivity contribution in [2.24, 2.45) is 0 Å². The highest BCUT2D eigenvalue weighted by molar-refractivity contribution is 5.80. The Morgan fingerprint density at radius 2 is 2.00 bits per heavy atom. The predicted molar refractivity (Wildman–Crippen MR) is 113 cm³/mol. The summed E-state index contributed by atoms with van der Waals surface area (Å²) in [6.07, 6.45) is 0. The zero-order valence-corrected chi connectivity index (χ0v) is 17.9. The Morgan fingerprint density at radius 1 is 1.23 bits per heavy atom. The molecule has 0 unspecified atom stereocenters. The molecule has 1 aliphatic heterocycles. The number of hydrogen-bond acceptors (Lipinski definition) is 7. The van der Waals surface area contributed by atoms with Crippen LogP contribution in [0.15, 0.2) is 29.1 Å². The quantitative estimate of drug-likeness (QED) is 0.685. The van der Waals surface area contributed by atoms with E-state index in [1.807, 2.05) is 52.0 Å². The van der Waals surface area contributed by atoms with Gasteiger partial charge in [0.25, 0.3) is 5.56 Å². The maximum Gasteiger partial charge on any atom is 0.253 e. The number of aromatic amines is 1. The second-order valence-electron chi connectivity index (χ2n) is 8.41. The van der Waals surface area contributed by atoms with Crippen LogP contribution in [0.2, 0.25) is 0 Å². The van der Waals surface area contributed by atoms with E-state index in [-0.39, 0.29) is 17.1 Å². The van der Waals surface area contributed by atoms with Crippen LogP contribution in [0, 0.1) is 0 Å². The standard InChI is InChI=1S/C21H28N6O3/c1-5-30-15-6-7-17-14(12-15)13-16(20(28)22-17)18(26-8-10-29-11-9-26)19-23-24-25-27(19)21(2,3)4/h6-7,12-13,18H,5,8-11H2,1-4H3,(H,22,28)/t18-/m0/s1. The molecule has 0 radical (unpaired) electrons. The van der Waals surface area contributed by atoms with Gasteiger partial charge in [-0.3, -0.25) is 9.69 Å². The minimum atomic E-state index is -0.382. The second kappa shape index (κ2) is 8.16. The maximum absolute atomic E-state index is 13.2. The Balaban J connectivity index is 1.88. The van der Waals surface area contributed by atoms with Gasteiger partial charge in [0.05, 0.1) is 25.4 Å². The lowest BCUT2D eigenvalue weighted by Crippen LogP contribution is -2.43. The van der Waals surface area contributed by atoms with Crippen molar-refractivity contribution < 1.29 is 9.47 Å². The number of morpholine rings is 1. The van der Waals surface area contributed by atoms with Gasteiger partial charge in [0.15, 0.2) is 5.82 Å². The molecule has 3 heterocycles. The van der Waals surface area contributed by atoms with Crippen LogP contribution in [0.25, 0.3) is 10.9 Å². The summed E-state index contributed by atoms with van der Waals surface area (Å²) in [5, 5.41) is 13.4. The van der Waals surface area contributed by atoms with Gasteiger partial charge in [-0.2, -0.15) is 0 Å². The van der Waals surface area contributed by atoms with Gasteiger partial charge in [-0.15, -0.1) is 5.10 Å². The van der Waals surface area contributed by atoms with Gasteiger partial charge in [0.1, 0.15) is 11.8 Å². The topological polar surface area (TPSA) is 98.2 Å². The van der Waals surface area contributed by atoms with Crippen molar-refractivity contribution in [2.75, 3.05) is 32.9 Å². The van der Waals surface area contributed by atoms with Gasteiger partial charge in [0, 0.05) is 29.6 Å². The van der Waals surface area contributed by atoms with E-state index in [0.29, 0.717) is 44.3 Å². The highest BCUT2D eigenvalue weighted by Gasteiger charge is 2.34. The third-order valence-corrected chi connectivity index (χ3v) is 5.23. The van der Waals surface area contributed by atoms with Crippen molar-refractivity contribution in [3.63, 3.8) is 0 Å². The molecule has 0 amide bonds. The van der Waals surface area contributed by atoms with Crippen LogP contribution in [0.3, 0.4) is 0 Å². The maximum atomic E-state index is 13.2. The molecule has 0 aliphatic carbocycles. The third kappa shape index (κ3) is 3.95. The van der Waals surface area contributed by atoms with E-state index in [1.165, 1.54) is 0 Å². The predicted octanol–water partition coefficient (Wildman–Crippen LogP) is 2.09. The van der Waals surface area contributed by atoms with Crippen LogP contribution in [0.1, 0.15) is 45.1 Å². The van der Waals surface area contributed by atoms with Crippen LogP contribution in [-0.2, 0) is 10.3 Å². The molecule has 1 N–H and O–H groups in total. The zero-order valence-electron chi connectivity index (χ0n) is 17.9. The van der Waals surface area contributed by atoms with Gasteiger partial charge in [-0.05, 0) is 62.4 Å². The number of nitrogens with one attached hydrogen (secondary N) is 1. The fraction of sp³-hybridized carbons (Fsp3) is 0.524. The second-order valence-corrected chi connectivity index (χ2v) is 8.41. The first-order chi connectivity index (χ1) is 14.4. The Kier molecular flexibility index (Phi) is 5.57. The molecular formula is C21H28N6O3. The molecule has 0 spiro atoms. The van der Waals surface area contributed by atoms with Crippen LogP contribution in [0.5, 0.6) is 5.75 Å². The van der Waals surface area contributed by atoms with Gasteiger partial charge in [-0.25, -0.2) is 4.68 Å². The van der Waals surface area contributed by atoms with Crippen LogP contribution < -0.4 is 10.3 Å². The summed E-state index contributed by atoms with van der Waals surface area (Å²) >= 11 is 0. The number of rotatable bonds is 5. The van der Waals surface area contributed by atoms with E-state index in [1.54, 1.807) is 4.68 Å². The van der Waals surface area contributed by atoms with Crippen molar-refractivity contribution in [2.45, 2.75) is 39.3 Å². The normalized spacial score (nSPS) is 16.7. The van der Waals surface area contributed by atoms with Gasteiger partial charge in [0.2, 0.25) is 0 Å². The van der Waals surface area contributed by atoms with Crippen molar-refractivity contribution in [3.8, 4) is 5.75 Å². The molecule has 9 nitrogen and oxygen atoms in total. The summed E-state index contributed by atoms with van der Waals surface area (Å²) in [4.78, 5) is 18.4. The summed E-state index contributed by atoms with van der Waals surface area (Å²) < 4.78 is 13.0. The summed E-state index contributed by atoms with van der Waals surface area (Å²) in [5.41, 5.74) is 0.906. The van der Waals surface area contributed by atoms with E-state index in [9.17, 15) is 4.79 Å². The molecule has 30 heavy (non-hydrogen) atoms. The number of fused-ring (bicyclic) bond motifs is 1. The number of ether oxygens (including phenoxy) is 2. The highest BCUT2D eigenvalue weighted by Crippen LogP contribution is 2.30. The minimum Gasteiger partial charge on any atom is -0.494 e. The number of aromatic nitrogens is 5. The molecule has 160 valence electrons. The van der Waals surface area contributed by atoms with E-state index >= 15 is 0 Å². The molecule has 1 atom stereocenters. The van der Waals surface area contributed by atoms with Gasteiger partial charge in [-0.1, -0.05) is 0 Å². The van der Waals surface area contributed by atoms with Crippen molar-refractivity contribution in [1.82, 2.24) is 30.1 Å². The molecule has 9 heteroatoms. The fourth-order valence-electron chi connectivity index (χ4n) is 3.84. The average molecular weight is 412 g/mol. The lowest BCUT2D eigenvalue weighted by Gasteiger charge is -2.34. The van der Waals surface area contributed by atoms with Crippen molar-refractivity contribution in [3.05, 3.63) is 46.0 Å². The Morgan fingerprint density at radius 3 is 2.70 bits per heavy atom. The monoisotopic (exact) mass is 412 g/mol. The molecule has 0 bridgehead atoms. The number of hydrogen-bond donors (Lipinski definition) is 1. The number of nitrogens with zero attached hydrogens (tertiary/aromatic N) is 5. The molecule has 2 aromatic heterocycles. The number of tetrazole rings is 1. The fourth-order valence-corrected chi connectivity index (χ4v) is 3.84. The number of H-pyrrole nitrogens is 1. The SMILES string of the molecule is CCOc1ccc2[nH]c(=O)c([C@@H](c3nnnn3C(C)(C)C)N3CCOCC3)cc2c1. The van der Waals surface area contributed by atoms with Crippen LogP contribution >= 0.6 is 0 Å². The average Bonchev–Trinajstić information content (AvgIpc) is 3.20. The molecule has 3 aromatic rings. The Bertz CT molecular complexity index is 1080. The molecule has 4 rings (SSSR count). The molecule has 1 saturated heterocycles. The molecule has 1 aromatic carbocycles. The third-order valence-electron chi connectivity index (χ3n) is 5.23. The molecule has 0 saturated carbocycles.